The molecule has 132 valence electrons. The van der Waals surface area contributed by atoms with Gasteiger partial charge in [-0.05, 0) is 25.0 Å². The minimum atomic E-state index is -0.392. The van der Waals surface area contributed by atoms with Crippen molar-refractivity contribution in [2.24, 2.45) is 5.92 Å². The Hall–Kier alpha value is -1.72. The van der Waals surface area contributed by atoms with Gasteiger partial charge in [-0.1, -0.05) is 20.8 Å². The first-order valence-corrected chi connectivity index (χ1v) is 8.83. The fourth-order valence-corrected chi connectivity index (χ4v) is 3.57. The lowest BCUT2D eigenvalue weighted by Gasteiger charge is -2.37. The molecule has 3 rings (SSSR count). The summed E-state index contributed by atoms with van der Waals surface area (Å²) in [4.78, 5) is 16.2. The Labute approximate surface area is 143 Å². The molecule has 3 heterocycles. The number of alkyl halides is 1. The Kier molecular flexibility index (Phi) is 4.74. The van der Waals surface area contributed by atoms with Crippen molar-refractivity contribution in [1.82, 2.24) is 15.1 Å². The normalized spacial score (nSPS) is 23.2. The molecule has 1 unspecified atom stereocenters. The van der Waals surface area contributed by atoms with Crippen LogP contribution in [0.1, 0.15) is 45.7 Å². The molecule has 2 aliphatic rings. The van der Waals surface area contributed by atoms with E-state index < -0.39 is 6.67 Å². The molecule has 1 aromatic rings. The summed E-state index contributed by atoms with van der Waals surface area (Å²) in [5, 5.41) is 8.73. The van der Waals surface area contributed by atoms with Gasteiger partial charge in [0, 0.05) is 43.4 Å². The Bertz CT molecular complexity index is 576. The highest BCUT2D eigenvalue weighted by Crippen LogP contribution is 2.27. The molecule has 1 amide bonds. The second kappa shape index (κ2) is 6.65. The molecule has 24 heavy (non-hydrogen) atoms. The lowest BCUT2D eigenvalue weighted by molar-refractivity contribution is -0.130. The lowest BCUT2D eigenvalue weighted by Crippen LogP contribution is -2.46. The standard InChI is InChI=1S/C18H27FN4O/c1-18(2,3)15-4-5-16(21-20-15)22-8-6-14(7-9-22)23-12-13(11-19)10-17(23)24/h4-5,13-14H,6-12H2,1-3H3. The van der Waals surface area contributed by atoms with Crippen LogP contribution in [0.25, 0.3) is 0 Å². The van der Waals surface area contributed by atoms with Crippen LogP contribution in [0.5, 0.6) is 0 Å². The fourth-order valence-electron chi connectivity index (χ4n) is 3.57. The van der Waals surface area contributed by atoms with Crippen LogP contribution in [-0.4, -0.2) is 53.4 Å². The third kappa shape index (κ3) is 3.52. The van der Waals surface area contributed by atoms with Crippen LogP contribution in [0.2, 0.25) is 0 Å². The van der Waals surface area contributed by atoms with Crippen molar-refractivity contribution in [3.8, 4) is 0 Å². The highest BCUT2D eigenvalue weighted by atomic mass is 19.1. The molecule has 0 N–H and O–H groups in total. The number of piperidine rings is 1. The van der Waals surface area contributed by atoms with Gasteiger partial charge in [-0.25, -0.2) is 0 Å². The number of nitrogens with zero attached hydrogens (tertiary/aromatic N) is 4. The fraction of sp³-hybridized carbons (Fsp3) is 0.722. The van der Waals surface area contributed by atoms with Crippen molar-refractivity contribution in [3.63, 3.8) is 0 Å². The van der Waals surface area contributed by atoms with Crippen LogP contribution >= 0.6 is 0 Å². The summed E-state index contributed by atoms with van der Waals surface area (Å²) in [6.45, 7) is 8.28. The number of anilines is 1. The number of aromatic nitrogens is 2. The molecule has 2 saturated heterocycles. The molecule has 2 aliphatic heterocycles. The summed E-state index contributed by atoms with van der Waals surface area (Å²) in [5.74, 6) is 0.910. The second-order valence-electron chi connectivity index (χ2n) is 8.02. The molecular formula is C18H27FN4O. The van der Waals surface area contributed by atoms with Crippen molar-refractivity contribution in [2.45, 2.75) is 51.5 Å². The van der Waals surface area contributed by atoms with Gasteiger partial charge >= 0.3 is 0 Å². The van der Waals surface area contributed by atoms with E-state index in [1.165, 1.54) is 0 Å². The SMILES string of the molecule is CC(C)(C)c1ccc(N2CCC(N3CC(CF)CC3=O)CC2)nn1. The maximum absolute atomic E-state index is 12.8. The van der Waals surface area contributed by atoms with Crippen LogP contribution in [0, 0.1) is 5.92 Å². The van der Waals surface area contributed by atoms with Gasteiger partial charge in [0.05, 0.1) is 12.4 Å². The monoisotopic (exact) mass is 334 g/mol. The van der Waals surface area contributed by atoms with E-state index in [4.69, 9.17) is 0 Å². The predicted molar refractivity (Wildman–Crippen MR) is 91.8 cm³/mol. The van der Waals surface area contributed by atoms with Gasteiger partial charge in [-0.2, -0.15) is 5.10 Å². The Morgan fingerprint density at radius 1 is 1.21 bits per heavy atom. The number of hydrogen-bond donors (Lipinski definition) is 0. The minimum absolute atomic E-state index is 0.00159. The van der Waals surface area contributed by atoms with Gasteiger partial charge in [0.15, 0.2) is 5.82 Å². The Morgan fingerprint density at radius 3 is 2.42 bits per heavy atom. The van der Waals surface area contributed by atoms with Crippen molar-refractivity contribution >= 4 is 11.7 Å². The van der Waals surface area contributed by atoms with Crippen LogP contribution in [0.4, 0.5) is 10.2 Å². The largest absolute Gasteiger partial charge is 0.355 e. The average molecular weight is 334 g/mol. The van der Waals surface area contributed by atoms with E-state index in [-0.39, 0.29) is 23.3 Å². The van der Waals surface area contributed by atoms with Gasteiger partial charge < -0.3 is 9.80 Å². The first-order valence-electron chi connectivity index (χ1n) is 8.83. The summed E-state index contributed by atoms with van der Waals surface area (Å²) in [5.41, 5.74) is 0.989. The quantitative estimate of drug-likeness (QED) is 0.852. The molecule has 5 nitrogen and oxygen atoms in total. The topological polar surface area (TPSA) is 49.3 Å². The predicted octanol–water partition coefficient (Wildman–Crippen LogP) is 2.56. The number of hydrogen-bond acceptors (Lipinski definition) is 4. The van der Waals surface area contributed by atoms with Crippen molar-refractivity contribution < 1.29 is 9.18 Å². The zero-order valence-corrected chi connectivity index (χ0v) is 14.8. The van der Waals surface area contributed by atoms with Gasteiger partial charge in [-0.15, -0.1) is 5.10 Å². The van der Waals surface area contributed by atoms with Gasteiger partial charge in [0.25, 0.3) is 0 Å². The maximum Gasteiger partial charge on any atom is 0.223 e. The van der Waals surface area contributed by atoms with Gasteiger partial charge in [-0.3, -0.25) is 9.18 Å². The Morgan fingerprint density at radius 2 is 1.92 bits per heavy atom. The van der Waals surface area contributed by atoms with Crippen LogP contribution in [-0.2, 0) is 10.2 Å². The van der Waals surface area contributed by atoms with Gasteiger partial charge in [0.2, 0.25) is 5.91 Å². The molecule has 1 atom stereocenters. The summed E-state index contributed by atoms with van der Waals surface area (Å²) in [6.07, 6.45) is 2.19. The van der Waals surface area contributed by atoms with Crippen LogP contribution < -0.4 is 4.90 Å². The number of carbonyl (C=O) groups is 1. The first-order chi connectivity index (χ1) is 11.4. The summed E-state index contributed by atoms with van der Waals surface area (Å²) in [6, 6.07) is 4.32. The summed E-state index contributed by atoms with van der Waals surface area (Å²) < 4.78 is 12.8. The van der Waals surface area contributed by atoms with E-state index >= 15 is 0 Å². The molecule has 0 radical (unpaired) electrons. The molecule has 0 bridgehead atoms. The van der Waals surface area contributed by atoms with Crippen molar-refractivity contribution in [3.05, 3.63) is 17.8 Å². The van der Waals surface area contributed by atoms with E-state index in [1.54, 1.807) is 0 Å². The van der Waals surface area contributed by atoms with Crippen LogP contribution in [0.3, 0.4) is 0 Å². The molecule has 2 fully saturated rings. The van der Waals surface area contributed by atoms with Crippen molar-refractivity contribution in [2.75, 3.05) is 31.2 Å². The zero-order valence-electron chi connectivity index (χ0n) is 14.8. The van der Waals surface area contributed by atoms with E-state index in [0.29, 0.717) is 13.0 Å². The third-order valence-corrected chi connectivity index (χ3v) is 5.10. The highest BCUT2D eigenvalue weighted by molar-refractivity contribution is 5.79. The van der Waals surface area contributed by atoms with E-state index in [1.807, 2.05) is 17.0 Å². The molecule has 0 aromatic carbocycles. The molecule has 0 spiro atoms. The third-order valence-electron chi connectivity index (χ3n) is 5.10. The number of carbonyl (C=O) groups excluding carboxylic acids is 1. The molecule has 0 saturated carbocycles. The lowest BCUT2D eigenvalue weighted by atomic mass is 9.92. The number of likely N-dealkylation sites (tertiary alicyclic amines) is 1. The number of halogens is 1. The zero-order chi connectivity index (χ0) is 17.3. The Balaban J connectivity index is 1.58. The minimum Gasteiger partial charge on any atom is -0.355 e. The molecule has 0 aliphatic carbocycles. The average Bonchev–Trinajstić information content (AvgIpc) is 2.95. The second-order valence-corrected chi connectivity index (χ2v) is 8.02. The van der Waals surface area contributed by atoms with Crippen LogP contribution in [0.15, 0.2) is 12.1 Å². The summed E-state index contributed by atoms with van der Waals surface area (Å²) in [7, 11) is 0. The molecule has 1 aromatic heterocycles. The van der Waals surface area contributed by atoms with E-state index in [2.05, 4.69) is 35.9 Å². The maximum atomic E-state index is 12.8. The summed E-state index contributed by atoms with van der Waals surface area (Å²) >= 11 is 0. The highest BCUT2D eigenvalue weighted by Gasteiger charge is 2.35. The van der Waals surface area contributed by atoms with E-state index in [9.17, 15) is 9.18 Å². The first kappa shape index (κ1) is 17.1. The van der Waals surface area contributed by atoms with Gasteiger partial charge in [0.1, 0.15) is 0 Å². The smallest absolute Gasteiger partial charge is 0.223 e. The number of rotatable bonds is 3. The van der Waals surface area contributed by atoms with E-state index in [0.717, 1.165) is 37.4 Å². The molecule has 6 heteroatoms. The molecular weight excluding hydrogens is 307 g/mol. The number of amides is 1. The van der Waals surface area contributed by atoms with Crippen molar-refractivity contribution in [1.29, 1.82) is 0 Å².